The lowest BCUT2D eigenvalue weighted by molar-refractivity contribution is 0.585. The third-order valence-electron chi connectivity index (χ3n) is 5.05. The van der Waals surface area contributed by atoms with Crippen LogP contribution in [0.1, 0.15) is 52.7 Å². The maximum atomic E-state index is 11.6. The molecule has 0 N–H and O–H groups in total. The van der Waals surface area contributed by atoms with Crippen molar-refractivity contribution in [3.63, 3.8) is 0 Å². The van der Waals surface area contributed by atoms with Gasteiger partial charge in [0.25, 0.3) is 0 Å². The van der Waals surface area contributed by atoms with Gasteiger partial charge in [-0.1, -0.05) is 53.7 Å². The maximum absolute atomic E-state index is 11.6. The highest BCUT2D eigenvalue weighted by molar-refractivity contribution is 5.77. The van der Waals surface area contributed by atoms with Crippen molar-refractivity contribution < 1.29 is 8.83 Å². The van der Waals surface area contributed by atoms with Gasteiger partial charge in [-0.3, -0.25) is 9.59 Å². The molecule has 0 atom stereocenters. The zero-order valence-corrected chi connectivity index (χ0v) is 18.4. The third-order valence-corrected chi connectivity index (χ3v) is 5.05. The minimum atomic E-state index is 0.0161. The highest BCUT2D eigenvalue weighted by atomic mass is 16.3. The van der Waals surface area contributed by atoms with Gasteiger partial charge in [0.15, 0.2) is 10.9 Å². The van der Waals surface area contributed by atoms with E-state index in [1.165, 1.54) is 24.7 Å². The SMILES string of the molecule is CC(C)(C)c1ccc2occc(=O)c2c1.CC(C)(C)c1ccc2occc(=O)c2c1. The summed E-state index contributed by atoms with van der Waals surface area (Å²) in [6.07, 6.45) is 2.86. The second kappa shape index (κ2) is 7.94. The van der Waals surface area contributed by atoms with Crippen molar-refractivity contribution in [1.82, 2.24) is 0 Å². The van der Waals surface area contributed by atoms with E-state index in [1.54, 1.807) is 0 Å². The molecule has 4 nitrogen and oxygen atoms in total. The van der Waals surface area contributed by atoms with Crippen LogP contribution in [0.3, 0.4) is 0 Å². The lowest BCUT2D eigenvalue weighted by atomic mass is 9.86. The molecule has 0 aliphatic heterocycles. The normalized spacial score (nSPS) is 11.9. The fourth-order valence-electron chi connectivity index (χ4n) is 3.10. The molecule has 2 aromatic carbocycles. The summed E-state index contributed by atoms with van der Waals surface area (Å²) in [5.74, 6) is 0. The molecule has 0 aliphatic carbocycles. The zero-order chi connectivity index (χ0) is 22.1. The molecule has 0 bridgehead atoms. The molecule has 0 radical (unpaired) electrons. The summed E-state index contributed by atoms with van der Waals surface area (Å²) in [7, 11) is 0. The first-order valence-electron chi connectivity index (χ1n) is 10.0. The Hall–Kier alpha value is -3.14. The van der Waals surface area contributed by atoms with Crippen molar-refractivity contribution in [2.45, 2.75) is 52.4 Å². The fraction of sp³-hybridized carbons (Fsp3) is 0.308. The average Bonchev–Trinajstić information content (AvgIpc) is 2.67. The Morgan fingerprint density at radius 2 is 0.933 bits per heavy atom. The van der Waals surface area contributed by atoms with Crippen molar-refractivity contribution >= 4 is 21.9 Å². The number of hydrogen-bond acceptors (Lipinski definition) is 4. The topological polar surface area (TPSA) is 60.4 Å². The van der Waals surface area contributed by atoms with Gasteiger partial charge in [-0.2, -0.15) is 0 Å². The van der Waals surface area contributed by atoms with Crippen LogP contribution in [-0.2, 0) is 10.8 Å². The summed E-state index contributed by atoms with van der Waals surface area (Å²) in [5, 5.41) is 1.31. The predicted octanol–water partition coefficient (Wildman–Crippen LogP) is 6.18. The van der Waals surface area contributed by atoms with Crippen molar-refractivity contribution in [3.05, 3.63) is 92.6 Å². The van der Waals surface area contributed by atoms with Gasteiger partial charge in [0.05, 0.1) is 23.3 Å². The van der Waals surface area contributed by atoms with Crippen LogP contribution in [0.25, 0.3) is 21.9 Å². The zero-order valence-electron chi connectivity index (χ0n) is 18.4. The molecule has 0 aliphatic rings. The monoisotopic (exact) mass is 404 g/mol. The molecule has 0 amide bonds. The summed E-state index contributed by atoms with van der Waals surface area (Å²) in [5.41, 5.74) is 3.73. The smallest absolute Gasteiger partial charge is 0.192 e. The van der Waals surface area contributed by atoms with Gasteiger partial charge >= 0.3 is 0 Å². The van der Waals surface area contributed by atoms with Crippen LogP contribution >= 0.6 is 0 Å². The molecule has 156 valence electrons. The second-order valence-corrected chi connectivity index (χ2v) is 9.49. The van der Waals surface area contributed by atoms with E-state index in [0.717, 1.165) is 11.1 Å². The van der Waals surface area contributed by atoms with E-state index in [9.17, 15) is 9.59 Å². The molecular weight excluding hydrogens is 376 g/mol. The summed E-state index contributed by atoms with van der Waals surface area (Å²) in [4.78, 5) is 23.2. The quantitative estimate of drug-likeness (QED) is 0.351. The van der Waals surface area contributed by atoms with Crippen LogP contribution in [0, 0.1) is 0 Å². The number of benzene rings is 2. The van der Waals surface area contributed by atoms with E-state index < -0.39 is 0 Å². The summed E-state index contributed by atoms with van der Waals surface area (Å²) >= 11 is 0. The van der Waals surface area contributed by atoms with Crippen LogP contribution in [0.15, 0.2) is 79.5 Å². The van der Waals surface area contributed by atoms with E-state index in [2.05, 4.69) is 41.5 Å². The van der Waals surface area contributed by atoms with Crippen LogP contribution < -0.4 is 10.9 Å². The van der Waals surface area contributed by atoms with Crippen molar-refractivity contribution in [3.8, 4) is 0 Å². The van der Waals surface area contributed by atoms with E-state index in [0.29, 0.717) is 21.9 Å². The molecule has 0 spiro atoms. The van der Waals surface area contributed by atoms with Gasteiger partial charge in [-0.05, 0) is 46.2 Å². The highest BCUT2D eigenvalue weighted by Crippen LogP contribution is 2.25. The van der Waals surface area contributed by atoms with E-state index in [4.69, 9.17) is 8.83 Å². The van der Waals surface area contributed by atoms with Crippen LogP contribution in [0.5, 0.6) is 0 Å². The first-order valence-corrected chi connectivity index (χ1v) is 10.0. The Morgan fingerprint density at radius 1 is 0.567 bits per heavy atom. The Kier molecular flexibility index (Phi) is 5.71. The molecule has 4 aromatic rings. The highest BCUT2D eigenvalue weighted by Gasteiger charge is 2.15. The maximum Gasteiger partial charge on any atom is 0.192 e. The largest absolute Gasteiger partial charge is 0.464 e. The van der Waals surface area contributed by atoms with Gasteiger partial charge in [0.2, 0.25) is 0 Å². The first-order chi connectivity index (χ1) is 14.0. The predicted molar refractivity (Wildman–Crippen MR) is 122 cm³/mol. The summed E-state index contributed by atoms with van der Waals surface area (Å²) < 4.78 is 10.5. The fourth-order valence-corrected chi connectivity index (χ4v) is 3.10. The average molecular weight is 405 g/mol. The van der Waals surface area contributed by atoms with Crippen molar-refractivity contribution in [1.29, 1.82) is 0 Å². The molecular formula is C26H28O4. The van der Waals surface area contributed by atoms with Gasteiger partial charge in [-0.15, -0.1) is 0 Å². The molecule has 2 heterocycles. The summed E-state index contributed by atoms with van der Waals surface area (Å²) in [6.45, 7) is 12.7. The molecule has 4 heteroatoms. The van der Waals surface area contributed by atoms with E-state index >= 15 is 0 Å². The molecule has 0 saturated carbocycles. The molecule has 30 heavy (non-hydrogen) atoms. The van der Waals surface area contributed by atoms with Gasteiger partial charge in [0.1, 0.15) is 11.2 Å². The molecule has 0 fully saturated rings. The number of hydrogen-bond donors (Lipinski definition) is 0. The summed E-state index contributed by atoms with van der Waals surface area (Å²) in [6, 6.07) is 14.5. The van der Waals surface area contributed by atoms with Crippen LogP contribution in [-0.4, -0.2) is 0 Å². The minimum Gasteiger partial charge on any atom is -0.464 e. The van der Waals surface area contributed by atoms with E-state index in [1.807, 2.05) is 36.4 Å². The number of rotatable bonds is 0. The van der Waals surface area contributed by atoms with E-state index in [-0.39, 0.29) is 21.7 Å². The van der Waals surface area contributed by atoms with Crippen LogP contribution in [0.4, 0.5) is 0 Å². The lowest BCUT2D eigenvalue weighted by Gasteiger charge is -2.18. The lowest BCUT2D eigenvalue weighted by Crippen LogP contribution is -2.11. The van der Waals surface area contributed by atoms with Crippen molar-refractivity contribution in [2.24, 2.45) is 0 Å². The Morgan fingerprint density at radius 3 is 1.27 bits per heavy atom. The van der Waals surface area contributed by atoms with Gasteiger partial charge in [0, 0.05) is 12.1 Å². The molecule has 2 aromatic heterocycles. The standard InChI is InChI=1S/2C13H14O2/c2*1-13(2,3)9-4-5-12-10(8-9)11(14)6-7-15-12/h2*4-8H,1-3H3. The third kappa shape index (κ3) is 4.70. The molecule has 0 saturated heterocycles. The Labute approximate surface area is 176 Å². The first kappa shape index (κ1) is 21.6. The Balaban J connectivity index is 0.000000171. The van der Waals surface area contributed by atoms with Gasteiger partial charge in [-0.25, -0.2) is 0 Å². The van der Waals surface area contributed by atoms with Crippen molar-refractivity contribution in [2.75, 3.05) is 0 Å². The minimum absolute atomic E-state index is 0.0161. The molecule has 4 rings (SSSR count). The molecule has 0 unspecified atom stereocenters. The van der Waals surface area contributed by atoms with Gasteiger partial charge < -0.3 is 8.83 Å². The second-order valence-electron chi connectivity index (χ2n) is 9.49. The van der Waals surface area contributed by atoms with Crippen LogP contribution in [0.2, 0.25) is 0 Å². The number of fused-ring (bicyclic) bond motifs is 2. The Bertz CT molecular complexity index is 1190.